The van der Waals surface area contributed by atoms with Gasteiger partial charge in [0, 0.05) is 21.5 Å². The summed E-state index contributed by atoms with van der Waals surface area (Å²) in [5, 5.41) is 1.95. The molecule has 1 nitrogen and oxygen atoms in total. The zero-order valence-electron chi connectivity index (χ0n) is 20.2. The Bertz CT molecular complexity index is 1550. The third-order valence-corrected chi connectivity index (χ3v) is 7.53. The summed E-state index contributed by atoms with van der Waals surface area (Å²) in [5.74, 6) is 0. The van der Waals surface area contributed by atoms with E-state index in [4.69, 9.17) is 16.6 Å². The van der Waals surface area contributed by atoms with Crippen molar-refractivity contribution in [2.75, 3.05) is 0 Å². The topological polar surface area (TPSA) is 12.9 Å². The Kier molecular flexibility index (Phi) is 5.66. The number of nitrogens with zero attached hydrogens (tertiary/aromatic N) is 1. The highest BCUT2D eigenvalue weighted by Gasteiger charge is 2.17. The SMILES string of the molecule is Cc1cc(C)c2cc(-c3ccc(Cl)cc3)c(-c3cc4ccc3CCc3ccc(cc3)CC4)nc2c1. The molecule has 172 valence electrons. The zero-order valence-corrected chi connectivity index (χ0v) is 21.0. The van der Waals surface area contributed by atoms with Gasteiger partial charge in [0.2, 0.25) is 0 Å². The predicted octanol–water partition coefficient (Wildman–Crippen LogP) is 8.72. The van der Waals surface area contributed by atoms with Crippen LogP contribution in [0.2, 0.25) is 5.02 Å². The third-order valence-electron chi connectivity index (χ3n) is 7.28. The van der Waals surface area contributed by atoms with E-state index in [9.17, 15) is 0 Å². The van der Waals surface area contributed by atoms with Crippen molar-refractivity contribution in [3.63, 3.8) is 0 Å². The Labute approximate surface area is 212 Å². The van der Waals surface area contributed by atoms with E-state index in [1.54, 1.807) is 0 Å². The van der Waals surface area contributed by atoms with Crippen molar-refractivity contribution in [1.82, 2.24) is 4.98 Å². The van der Waals surface area contributed by atoms with E-state index in [0.717, 1.165) is 53.0 Å². The van der Waals surface area contributed by atoms with Crippen LogP contribution in [-0.4, -0.2) is 4.98 Å². The van der Waals surface area contributed by atoms with E-state index in [1.807, 2.05) is 12.1 Å². The number of hydrogen-bond donors (Lipinski definition) is 0. The Morgan fingerprint density at radius 3 is 2.03 bits per heavy atom. The molecule has 0 aliphatic heterocycles. The molecule has 0 N–H and O–H groups in total. The van der Waals surface area contributed by atoms with E-state index >= 15 is 0 Å². The van der Waals surface area contributed by atoms with E-state index in [2.05, 4.69) is 86.6 Å². The molecule has 4 aliphatic carbocycles. The molecule has 2 heteroatoms. The van der Waals surface area contributed by atoms with Gasteiger partial charge in [-0.2, -0.15) is 0 Å². The maximum atomic E-state index is 6.25. The highest BCUT2D eigenvalue weighted by Crippen LogP contribution is 2.37. The highest BCUT2D eigenvalue weighted by molar-refractivity contribution is 6.30. The van der Waals surface area contributed by atoms with Crippen LogP contribution in [0.4, 0.5) is 0 Å². The third kappa shape index (κ3) is 4.37. The van der Waals surface area contributed by atoms with Crippen molar-refractivity contribution < 1.29 is 0 Å². The molecule has 4 bridgehead atoms. The normalized spacial score (nSPS) is 13.1. The van der Waals surface area contributed by atoms with Crippen LogP contribution in [0.5, 0.6) is 0 Å². The Balaban J connectivity index is 1.59. The molecule has 0 saturated carbocycles. The summed E-state index contributed by atoms with van der Waals surface area (Å²) in [6.07, 6.45) is 4.08. The molecule has 5 aromatic rings. The van der Waals surface area contributed by atoms with Crippen LogP contribution in [0.15, 0.2) is 84.9 Å². The van der Waals surface area contributed by atoms with Crippen LogP contribution >= 0.6 is 11.6 Å². The molecule has 0 radical (unpaired) electrons. The Hall–Kier alpha value is -3.42. The first-order valence-electron chi connectivity index (χ1n) is 12.4. The molecule has 0 saturated heterocycles. The second kappa shape index (κ2) is 8.98. The van der Waals surface area contributed by atoms with Gasteiger partial charge in [0.25, 0.3) is 0 Å². The number of benzene rings is 4. The van der Waals surface area contributed by atoms with Crippen molar-refractivity contribution >= 4 is 22.5 Å². The van der Waals surface area contributed by atoms with E-state index in [-0.39, 0.29) is 0 Å². The highest BCUT2D eigenvalue weighted by atomic mass is 35.5. The minimum Gasteiger partial charge on any atom is -0.247 e. The summed E-state index contributed by atoms with van der Waals surface area (Å²) in [6.45, 7) is 4.33. The number of pyridine rings is 1. The first-order valence-corrected chi connectivity index (χ1v) is 12.8. The van der Waals surface area contributed by atoms with Crippen LogP contribution in [0.3, 0.4) is 0 Å². The number of hydrogen-bond acceptors (Lipinski definition) is 1. The second-order valence-electron chi connectivity index (χ2n) is 9.85. The lowest BCUT2D eigenvalue weighted by Gasteiger charge is -2.18. The minimum atomic E-state index is 0.749. The summed E-state index contributed by atoms with van der Waals surface area (Å²) in [4.78, 5) is 5.35. The number of aromatic nitrogens is 1. The van der Waals surface area contributed by atoms with Crippen molar-refractivity contribution in [3.05, 3.63) is 123 Å². The van der Waals surface area contributed by atoms with Gasteiger partial charge in [0.15, 0.2) is 0 Å². The molecule has 4 aliphatic rings. The molecule has 0 amide bonds. The molecule has 0 atom stereocenters. The molecular formula is C33H28ClN. The van der Waals surface area contributed by atoms with Crippen molar-refractivity contribution in [3.8, 4) is 22.4 Å². The summed E-state index contributed by atoms with van der Waals surface area (Å²) in [5.41, 5.74) is 13.7. The van der Waals surface area contributed by atoms with Crippen LogP contribution in [0.1, 0.15) is 33.4 Å². The van der Waals surface area contributed by atoms with Crippen LogP contribution in [0.25, 0.3) is 33.3 Å². The zero-order chi connectivity index (χ0) is 23.9. The summed E-state index contributed by atoms with van der Waals surface area (Å²) in [6, 6.07) is 31.1. The van der Waals surface area contributed by atoms with Gasteiger partial charge in [-0.3, -0.25) is 0 Å². The number of aryl methyl sites for hydroxylation is 6. The van der Waals surface area contributed by atoms with Crippen LogP contribution in [0, 0.1) is 13.8 Å². The van der Waals surface area contributed by atoms with Gasteiger partial charge in [0.1, 0.15) is 0 Å². The fraction of sp³-hybridized carbons (Fsp3) is 0.182. The summed E-state index contributed by atoms with van der Waals surface area (Å²) >= 11 is 6.25. The maximum absolute atomic E-state index is 6.25. The predicted molar refractivity (Wildman–Crippen MR) is 148 cm³/mol. The fourth-order valence-corrected chi connectivity index (χ4v) is 5.47. The van der Waals surface area contributed by atoms with Gasteiger partial charge >= 0.3 is 0 Å². The van der Waals surface area contributed by atoms with Crippen molar-refractivity contribution in [2.45, 2.75) is 39.5 Å². The average Bonchev–Trinajstić information content (AvgIpc) is 2.85. The van der Waals surface area contributed by atoms with E-state index < -0.39 is 0 Å². The van der Waals surface area contributed by atoms with E-state index in [1.165, 1.54) is 44.3 Å². The van der Waals surface area contributed by atoms with Crippen LogP contribution in [-0.2, 0) is 25.7 Å². The first-order chi connectivity index (χ1) is 17.0. The van der Waals surface area contributed by atoms with E-state index in [0.29, 0.717) is 0 Å². The molecule has 0 spiro atoms. The molecule has 35 heavy (non-hydrogen) atoms. The lowest BCUT2D eigenvalue weighted by Crippen LogP contribution is -2.02. The molecule has 0 fully saturated rings. The second-order valence-corrected chi connectivity index (χ2v) is 10.3. The Morgan fingerprint density at radius 2 is 1.29 bits per heavy atom. The molecular weight excluding hydrogens is 446 g/mol. The number of halogens is 1. The van der Waals surface area contributed by atoms with Gasteiger partial charge in [-0.05, 0) is 109 Å². The van der Waals surface area contributed by atoms with Crippen molar-refractivity contribution in [2.24, 2.45) is 0 Å². The molecule has 1 aromatic heterocycles. The lowest BCUT2D eigenvalue weighted by molar-refractivity contribution is 0.922. The fourth-order valence-electron chi connectivity index (χ4n) is 5.34. The van der Waals surface area contributed by atoms with Gasteiger partial charge in [-0.1, -0.05) is 66.2 Å². The molecule has 9 rings (SSSR count). The average molecular weight is 474 g/mol. The van der Waals surface area contributed by atoms with Gasteiger partial charge < -0.3 is 0 Å². The maximum Gasteiger partial charge on any atom is 0.0790 e. The van der Waals surface area contributed by atoms with Crippen molar-refractivity contribution in [1.29, 1.82) is 0 Å². The molecule has 0 unspecified atom stereocenters. The largest absolute Gasteiger partial charge is 0.247 e. The molecule has 1 heterocycles. The van der Waals surface area contributed by atoms with Gasteiger partial charge in [-0.15, -0.1) is 0 Å². The standard InChI is InChI=1S/C33H28ClN/c1-21-17-22(2)29-20-31(27-13-15-28(34)16-14-27)33(35-32(29)18-21)30-19-25-8-7-23-3-5-24(6-4-23)9-11-26(30)12-10-25/h3-6,10,12-20H,7-9,11H2,1-2H3. The monoisotopic (exact) mass is 473 g/mol. The van der Waals surface area contributed by atoms with Gasteiger partial charge in [-0.25, -0.2) is 4.98 Å². The smallest absolute Gasteiger partial charge is 0.0790 e. The van der Waals surface area contributed by atoms with Crippen LogP contribution < -0.4 is 0 Å². The molecule has 4 aromatic carbocycles. The summed E-state index contributed by atoms with van der Waals surface area (Å²) in [7, 11) is 0. The minimum absolute atomic E-state index is 0.749. The quantitative estimate of drug-likeness (QED) is 0.250. The van der Waals surface area contributed by atoms with Gasteiger partial charge in [0.05, 0.1) is 11.2 Å². The lowest BCUT2D eigenvalue weighted by atomic mass is 9.89. The first kappa shape index (κ1) is 22.1. The Morgan fingerprint density at radius 1 is 0.629 bits per heavy atom. The number of fused-ring (bicyclic) bond motifs is 1. The summed E-state index contributed by atoms with van der Waals surface area (Å²) < 4.78 is 0. The number of rotatable bonds is 2.